The van der Waals surface area contributed by atoms with Crippen molar-refractivity contribution in [1.29, 1.82) is 0 Å². The quantitative estimate of drug-likeness (QED) is 0.531. The number of carbonyl (C=O) groups is 2. The van der Waals surface area contributed by atoms with Crippen molar-refractivity contribution in [1.82, 2.24) is 4.90 Å². The molecule has 30 heavy (non-hydrogen) atoms. The van der Waals surface area contributed by atoms with Gasteiger partial charge in [0.1, 0.15) is 0 Å². The lowest BCUT2D eigenvalue weighted by molar-refractivity contribution is -0.126. The molecule has 2 amide bonds. The number of sulfonamides is 1. The highest BCUT2D eigenvalue weighted by molar-refractivity contribution is 7.89. The molecule has 0 saturated heterocycles. The Hall–Kier alpha value is -3.37. The number of hydrogen-bond donors (Lipinski definition) is 3. The molecular formula is C20H23N3O6S. The summed E-state index contributed by atoms with van der Waals surface area (Å²) in [6.07, 6.45) is 2.86. The summed E-state index contributed by atoms with van der Waals surface area (Å²) in [5.41, 5.74) is 6.27. The highest BCUT2D eigenvalue weighted by Crippen LogP contribution is 2.27. The number of nitrogens with two attached hydrogens (primary N) is 2. The fourth-order valence-electron chi connectivity index (χ4n) is 2.54. The van der Waals surface area contributed by atoms with E-state index in [0.717, 1.165) is 5.56 Å². The number of phenolic OH excluding ortho intramolecular Hbond substituents is 1. The van der Waals surface area contributed by atoms with E-state index < -0.39 is 15.9 Å². The van der Waals surface area contributed by atoms with Crippen molar-refractivity contribution >= 4 is 27.9 Å². The van der Waals surface area contributed by atoms with Crippen LogP contribution in [-0.4, -0.2) is 43.9 Å². The van der Waals surface area contributed by atoms with Gasteiger partial charge < -0.3 is 20.5 Å². The molecule has 160 valence electrons. The topological polar surface area (TPSA) is 153 Å². The van der Waals surface area contributed by atoms with Gasteiger partial charge in [-0.2, -0.15) is 0 Å². The molecule has 9 nitrogen and oxygen atoms in total. The first-order valence-corrected chi connectivity index (χ1v) is 10.4. The predicted molar refractivity (Wildman–Crippen MR) is 111 cm³/mol. The molecule has 0 aromatic heterocycles. The van der Waals surface area contributed by atoms with Gasteiger partial charge in [0, 0.05) is 13.1 Å². The van der Waals surface area contributed by atoms with E-state index >= 15 is 0 Å². The SMILES string of the molecule is CC(c1ccc(S(N)(=O)=O)cc1)N(C)C(=O)/C=C/c1ccc(OCC(N)=O)c(O)c1. The number of likely N-dealkylation sites (N-methyl/N-ethyl adjacent to an activating group) is 1. The van der Waals surface area contributed by atoms with Crippen molar-refractivity contribution in [3.63, 3.8) is 0 Å². The molecule has 2 rings (SSSR count). The van der Waals surface area contributed by atoms with Gasteiger partial charge in [-0.3, -0.25) is 9.59 Å². The number of ether oxygens (including phenoxy) is 1. The summed E-state index contributed by atoms with van der Waals surface area (Å²) in [6, 6.07) is 10.1. The van der Waals surface area contributed by atoms with Gasteiger partial charge in [0.25, 0.3) is 5.91 Å². The van der Waals surface area contributed by atoms with Gasteiger partial charge in [0.2, 0.25) is 15.9 Å². The first kappa shape index (κ1) is 22.9. The Morgan fingerprint density at radius 3 is 2.37 bits per heavy atom. The number of aromatic hydroxyl groups is 1. The van der Waals surface area contributed by atoms with Crippen molar-refractivity contribution in [2.24, 2.45) is 10.9 Å². The zero-order chi connectivity index (χ0) is 22.5. The monoisotopic (exact) mass is 433 g/mol. The van der Waals surface area contributed by atoms with Gasteiger partial charge in [-0.25, -0.2) is 13.6 Å². The van der Waals surface area contributed by atoms with E-state index in [2.05, 4.69) is 0 Å². The van der Waals surface area contributed by atoms with E-state index in [1.807, 2.05) is 0 Å². The van der Waals surface area contributed by atoms with E-state index in [9.17, 15) is 23.1 Å². The maximum Gasteiger partial charge on any atom is 0.255 e. The van der Waals surface area contributed by atoms with Gasteiger partial charge in [-0.15, -0.1) is 0 Å². The maximum atomic E-state index is 12.5. The van der Waals surface area contributed by atoms with Crippen LogP contribution < -0.4 is 15.6 Å². The van der Waals surface area contributed by atoms with E-state index in [1.54, 1.807) is 32.2 Å². The first-order chi connectivity index (χ1) is 14.0. The Morgan fingerprint density at radius 2 is 1.83 bits per heavy atom. The molecule has 2 aromatic carbocycles. The van der Waals surface area contributed by atoms with Gasteiger partial charge in [-0.05, 0) is 48.4 Å². The summed E-state index contributed by atoms with van der Waals surface area (Å²) in [4.78, 5) is 24.7. The Bertz CT molecular complexity index is 1060. The lowest BCUT2D eigenvalue weighted by Crippen LogP contribution is -2.28. The third kappa shape index (κ3) is 6.06. The van der Waals surface area contributed by atoms with Crippen LogP contribution in [0.5, 0.6) is 11.5 Å². The van der Waals surface area contributed by atoms with Crippen molar-refractivity contribution in [3.05, 3.63) is 59.7 Å². The zero-order valence-corrected chi connectivity index (χ0v) is 17.3. The van der Waals surface area contributed by atoms with Gasteiger partial charge in [0.15, 0.2) is 18.1 Å². The second kappa shape index (κ2) is 9.42. The number of phenols is 1. The highest BCUT2D eigenvalue weighted by atomic mass is 32.2. The standard InChI is InChI=1S/C20H23N3O6S/c1-13(15-5-7-16(8-6-15)30(22,27)28)23(2)20(26)10-4-14-3-9-18(17(24)11-14)29-12-19(21)25/h3-11,13,24H,12H2,1-2H3,(H2,21,25)(H2,22,27,28)/b10-4+. The predicted octanol–water partition coefficient (Wildman–Crippen LogP) is 1.14. The molecule has 1 atom stereocenters. The molecule has 5 N–H and O–H groups in total. The van der Waals surface area contributed by atoms with Crippen LogP contribution in [0.1, 0.15) is 24.1 Å². The summed E-state index contributed by atoms with van der Waals surface area (Å²) in [7, 11) is -2.17. The Kier molecular flexibility index (Phi) is 7.19. The summed E-state index contributed by atoms with van der Waals surface area (Å²) in [6.45, 7) is 1.44. The number of carbonyl (C=O) groups excluding carboxylic acids is 2. The van der Waals surface area contributed by atoms with E-state index in [4.69, 9.17) is 15.6 Å². The normalized spacial score (nSPS) is 12.5. The van der Waals surface area contributed by atoms with Crippen molar-refractivity contribution in [2.75, 3.05) is 13.7 Å². The summed E-state index contributed by atoms with van der Waals surface area (Å²) in [5.74, 6) is -1.06. The second-order valence-electron chi connectivity index (χ2n) is 6.55. The molecule has 0 heterocycles. The second-order valence-corrected chi connectivity index (χ2v) is 8.12. The van der Waals surface area contributed by atoms with Crippen LogP contribution in [0.4, 0.5) is 0 Å². The average Bonchev–Trinajstić information content (AvgIpc) is 2.69. The largest absolute Gasteiger partial charge is 0.504 e. The van der Waals surface area contributed by atoms with Crippen molar-refractivity contribution < 1.29 is 27.9 Å². The lowest BCUT2D eigenvalue weighted by atomic mass is 10.1. The van der Waals surface area contributed by atoms with Gasteiger partial charge >= 0.3 is 0 Å². The van der Waals surface area contributed by atoms with E-state index in [1.165, 1.54) is 41.3 Å². The van der Waals surface area contributed by atoms with Crippen LogP contribution in [0.2, 0.25) is 0 Å². The Balaban J connectivity index is 2.06. The highest BCUT2D eigenvalue weighted by Gasteiger charge is 2.16. The Morgan fingerprint density at radius 1 is 1.20 bits per heavy atom. The minimum Gasteiger partial charge on any atom is -0.504 e. The summed E-state index contributed by atoms with van der Waals surface area (Å²) >= 11 is 0. The molecule has 0 saturated carbocycles. The third-order valence-electron chi connectivity index (χ3n) is 4.39. The van der Waals surface area contributed by atoms with Crippen LogP contribution in [0.3, 0.4) is 0 Å². The van der Waals surface area contributed by atoms with Gasteiger partial charge in [0.05, 0.1) is 10.9 Å². The minimum absolute atomic E-state index is 0.00427. The van der Waals surface area contributed by atoms with Crippen LogP contribution in [-0.2, 0) is 19.6 Å². The molecule has 1 unspecified atom stereocenters. The number of amides is 2. The number of nitrogens with zero attached hydrogens (tertiary/aromatic N) is 1. The van der Waals surface area contributed by atoms with Crippen molar-refractivity contribution in [2.45, 2.75) is 17.9 Å². The third-order valence-corrected chi connectivity index (χ3v) is 5.32. The van der Waals surface area contributed by atoms with E-state index in [0.29, 0.717) is 5.56 Å². The maximum absolute atomic E-state index is 12.5. The molecule has 0 aliphatic heterocycles. The number of hydrogen-bond acceptors (Lipinski definition) is 6. The van der Waals surface area contributed by atoms with Crippen LogP contribution in [0, 0.1) is 0 Å². The smallest absolute Gasteiger partial charge is 0.255 e. The average molecular weight is 433 g/mol. The number of primary amides is 1. The van der Waals surface area contributed by atoms with Crippen LogP contribution >= 0.6 is 0 Å². The molecular weight excluding hydrogens is 410 g/mol. The number of rotatable bonds is 8. The molecule has 0 spiro atoms. The zero-order valence-electron chi connectivity index (χ0n) is 16.5. The number of primary sulfonamides is 1. The molecule has 10 heteroatoms. The van der Waals surface area contributed by atoms with E-state index in [-0.39, 0.29) is 35.0 Å². The van der Waals surface area contributed by atoms with Crippen LogP contribution in [0.25, 0.3) is 6.08 Å². The van der Waals surface area contributed by atoms with Crippen LogP contribution in [0.15, 0.2) is 53.4 Å². The molecule has 0 aliphatic carbocycles. The first-order valence-electron chi connectivity index (χ1n) is 8.81. The number of benzene rings is 2. The fourth-order valence-corrected chi connectivity index (χ4v) is 3.06. The Labute approximate surface area is 174 Å². The summed E-state index contributed by atoms with van der Waals surface area (Å²) in [5, 5.41) is 15.0. The molecule has 0 fully saturated rings. The minimum atomic E-state index is -3.78. The van der Waals surface area contributed by atoms with Gasteiger partial charge in [-0.1, -0.05) is 18.2 Å². The molecule has 2 aromatic rings. The lowest BCUT2D eigenvalue weighted by Gasteiger charge is -2.24. The molecule has 0 radical (unpaired) electrons. The van der Waals surface area contributed by atoms with Crippen molar-refractivity contribution in [3.8, 4) is 11.5 Å². The summed E-state index contributed by atoms with van der Waals surface area (Å²) < 4.78 is 27.7. The molecule has 0 bridgehead atoms. The molecule has 0 aliphatic rings. The fraction of sp³-hybridized carbons (Fsp3) is 0.200.